The van der Waals surface area contributed by atoms with Crippen LogP contribution < -0.4 is 0 Å². The van der Waals surface area contributed by atoms with Gasteiger partial charge in [-0.25, -0.2) is 0 Å². The average Bonchev–Trinajstić information content (AvgIpc) is 2.98. The van der Waals surface area contributed by atoms with Gasteiger partial charge in [-0.3, -0.25) is 4.79 Å². The van der Waals surface area contributed by atoms with Gasteiger partial charge in [0.2, 0.25) is 5.78 Å². The standard InChI is InChI=1S/C15H14O2/c1-10-4-5-11-9-12(6-7-13(10)11)15(16)14-3-2-8-17-14/h2-3,6-10H,4-5H2,1H3. The SMILES string of the molecule is CC1CCc2cc(C(=O)c3ccco3)ccc21. The third-order valence-electron chi connectivity index (χ3n) is 3.53. The third kappa shape index (κ3) is 1.70. The summed E-state index contributed by atoms with van der Waals surface area (Å²) in [7, 11) is 0. The fourth-order valence-corrected chi connectivity index (χ4v) is 2.52. The lowest BCUT2D eigenvalue weighted by Crippen LogP contribution is -2.00. The van der Waals surface area contributed by atoms with Crippen LogP contribution in [0.5, 0.6) is 0 Å². The Labute approximate surface area is 100 Å². The maximum Gasteiger partial charge on any atom is 0.228 e. The van der Waals surface area contributed by atoms with E-state index in [1.165, 1.54) is 23.8 Å². The molecule has 0 radical (unpaired) electrons. The van der Waals surface area contributed by atoms with E-state index in [2.05, 4.69) is 13.0 Å². The number of carbonyl (C=O) groups excluding carboxylic acids is 1. The summed E-state index contributed by atoms with van der Waals surface area (Å²) in [5.74, 6) is 1.01. The lowest BCUT2D eigenvalue weighted by atomic mass is 9.99. The Morgan fingerprint density at radius 3 is 3.00 bits per heavy atom. The first-order chi connectivity index (χ1) is 8.25. The fourth-order valence-electron chi connectivity index (χ4n) is 2.52. The van der Waals surface area contributed by atoms with E-state index in [1.807, 2.05) is 12.1 Å². The Hall–Kier alpha value is -1.83. The summed E-state index contributed by atoms with van der Waals surface area (Å²) in [5.41, 5.74) is 3.43. The minimum atomic E-state index is -0.0302. The molecule has 2 nitrogen and oxygen atoms in total. The summed E-state index contributed by atoms with van der Waals surface area (Å²) in [6.45, 7) is 2.24. The van der Waals surface area contributed by atoms with Crippen LogP contribution in [-0.2, 0) is 6.42 Å². The molecule has 0 bridgehead atoms. The van der Waals surface area contributed by atoms with E-state index in [-0.39, 0.29) is 5.78 Å². The Bertz CT molecular complexity index is 552. The summed E-state index contributed by atoms with van der Waals surface area (Å²) in [6.07, 6.45) is 3.80. The Morgan fingerprint density at radius 1 is 1.35 bits per heavy atom. The van der Waals surface area contributed by atoms with Crippen LogP contribution in [0.3, 0.4) is 0 Å². The highest BCUT2D eigenvalue weighted by Gasteiger charge is 2.20. The van der Waals surface area contributed by atoms with Gasteiger partial charge >= 0.3 is 0 Å². The number of benzene rings is 1. The summed E-state index contributed by atoms with van der Waals surface area (Å²) in [5, 5.41) is 0. The number of carbonyl (C=O) groups is 1. The number of aryl methyl sites for hydroxylation is 1. The summed E-state index contributed by atoms with van der Waals surface area (Å²) >= 11 is 0. The second-order valence-electron chi connectivity index (χ2n) is 4.66. The molecule has 1 aromatic heterocycles. The zero-order valence-electron chi connectivity index (χ0n) is 9.77. The zero-order valence-corrected chi connectivity index (χ0v) is 9.77. The molecule has 1 aromatic carbocycles. The van der Waals surface area contributed by atoms with Crippen LogP contribution >= 0.6 is 0 Å². The molecule has 0 fully saturated rings. The van der Waals surface area contributed by atoms with Crippen molar-refractivity contribution in [3.8, 4) is 0 Å². The summed E-state index contributed by atoms with van der Waals surface area (Å²) < 4.78 is 5.14. The van der Waals surface area contributed by atoms with Crippen molar-refractivity contribution in [1.29, 1.82) is 0 Å². The largest absolute Gasteiger partial charge is 0.461 e. The highest BCUT2D eigenvalue weighted by atomic mass is 16.3. The molecular formula is C15H14O2. The van der Waals surface area contributed by atoms with Crippen LogP contribution in [0.1, 0.15) is 46.5 Å². The van der Waals surface area contributed by atoms with Crippen LogP contribution in [0, 0.1) is 0 Å². The minimum Gasteiger partial charge on any atom is -0.461 e. The topological polar surface area (TPSA) is 30.2 Å². The first kappa shape index (κ1) is 10.3. The van der Waals surface area contributed by atoms with Gasteiger partial charge in [0, 0.05) is 5.56 Å². The number of furan rings is 1. The number of fused-ring (bicyclic) bond motifs is 1. The number of hydrogen-bond donors (Lipinski definition) is 0. The molecule has 1 aliphatic rings. The second kappa shape index (κ2) is 3.88. The highest BCUT2D eigenvalue weighted by molar-refractivity contribution is 6.07. The van der Waals surface area contributed by atoms with Gasteiger partial charge in [0.25, 0.3) is 0 Å². The van der Waals surface area contributed by atoms with E-state index in [0.29, 0.717) is 11.7 Å². The molecule has 1 heterocycles. The molecule has 3 rings (SSSR count). The molecule has 2 heteroatoms. The van der Waals surface area contributed by atoms with Crippen molar-refractivity contribution >= 4 is 5.78 Å². The molecule has 17 heavy (non-hydrogen) atoms. The Balaban J connectivity index is 1.98. The molecule has 0 N–H and O–H groups in total. The highest BCUT2D eigenvalue weighted by Crippen LogP contribution is 2.33. The molecule has 0 spiro atoms. The van der Waals surface area contributed by atoms with Crippen LogP contribution in [0.4, 0.5) is 0 Å². The molecule has 1 unspecified atom stereocenters. The summed E-state index contributed by atoms with van der Waals surface area (Å²) in [4.78, 5) is 12.1. The van der Waals surface area contributed by atoms with Crippen molar-refractivity contribution in [3.05, 3.63) is 59.0 Å². The van der Waals surface area contributed by atoms with Crippen LogP contribution in [0.25, 0.3) is 0 Å². The van der Waals surface area contributed by atoms with Crippen molar-refractivity contribution in [2.75, 3.05) is 0 Å². The molecule has 0 saturated carbocycles. The first-order valence-corrected chi connectivity index (χ1v) is 5.97. The quantitative estimate of drug-likeness (QED) is 0.733. The normalized spacial score (nSPS) is 18.1. The van der Waals surface area contributed by atoms with Crippen molar-refractivity contribution in [2.24, 2.45) is 0 Å². The van der Waals surface area contributed by atoms with Gasteiger partial charge in [-0.05, 0) is 48.1 Å². The average molecular weight is 226 g/mol. The number of hydrogen-bond acceptors (Lipinski definition) is 2. The van der Waals surface area contributed by atoms with Gasteiger partial charge in [-0.1, -0.05) is 19.1 Å². The van der Waals surface area contributed by atoms with Crippen LogP contribution in [-0.4, -0.2) is 5.78 Å². The predicted octanol–water partition coefficient (Wildman–Crippen LogP) is 3.56. The Morgan fingerprint density at radius 2 is 2.24 bits per heavy atom. The van der Waals surface area contributed by atoms with Gasteiger partial charge in [0.05, 0.1) is 6.26 Å². The van der Waals surface area contributed by atoms with E-state index < -0.39 is 0 Å². The molecule has 2 aromatic rings. The van der Waals surface area contributed by atoms with Crippen LogP contribution in [0.2, 0.25) is 0 Å². The predicted molar refractivity (Wildman–Crippen MR) is 65.3 cm³/mol. The van der Waals surface area contributed by atoms with Crippen molar-refractivity contribution in [3.63, 3.8) is 0 Å². The molecule has 1 atom stereocenters. The van der Waals surface area contributed by atoms with E-state index in [1.54, 1.807) is 12.1 Å². The van der Waals surface area contributed by atoms with E-state index in [4.69, 9.17) is 4.42 Å². The number of ketones is 1. The van der Waals surface area contributed by atoms with Crippen molar-refractivity contribution < 1.29 is 9.21 Å². The number of rotatable bonds is 2. The van der Waals surface area contributed by atoms with Gasteiger partial charge in [-0.2, -0.15) is 0 Å². The van der Waals surface area contributed by atoms with Gasteiger partial charge in [0.1, 0.15) is 0 Å². The molecule has 0 amide bonds. The Kier molecular flexibility index (Phi) is 2.36. The lowest BCUT2D eigenvalue weighted by Gasteiger charge is -2.05. The van der Waals surface area contributed by atoms with Gasteiger partial charge in [0.15, 0.2) is 5.76 Å². The smallest absolute Gasteiger partial charge is 0.228 e. The van der Waals surface area contributed by atoms with E-state index in [9.17, 15) is 4.79 Å². The molecular weight excluding hydrogens is 212 g/mol. The van der Waals surface area contributed by atoms with E-state index in [0.717, 1.165) is 12.0 Å². The van der Waals surface area contributed by atoms with Gasteiger partial charge in [-0.15, -0.1) is 0 Å². The first-order valence-electron chi connectivity index (χ1n) is 5.97. The fraction of sp³-hybridized carbons (Fsp3) is 0.267. The minimum absolute atomic E-state index is 0.0302. The maximum atomic E-state index is 12.1. The summed E-state index contributed by atoms with van der Waals surface area (Å²) in [6, 6.07) is 9.46. The van der Waals surface area contributed by atoms with Crippen LogP contribution in [0.15, 0.2) is 41.0 Å². The van der Waals surface area contributed by atoms with Crippen molar-refractivity contribution in [2.45, 2.75) is 25.7 Å². The van der Waals surface area contributed by atoms with Crippen molar-refractivity contribution in [1.82, 2.24) is 0 Å². The monoisotopic (exact) mass is 226 g/mol. The molecule has 86 valence electrons. The van der Waals surface area contributed by atoms with Gasteiger partial charge < -0.3 is 4.42 Å². The lowest BCUT2D eigenvalue weighted by molar-refractivity contribution is 0.101. The molecule has 1 aliphatic carbocycles. The second-order valence-corrected chi connectivity index (χ2v) is 4.66. The molecule has 0 aliphatic heterocycles. The van der Waals surface area contributed by atoms with E-state index >= 15 is 0 Å². The maximum absolute atomic E-state index is 12.1. The molecule has 0 saturated heterocycles. The zero-order chi connectivity index (χ0) is 11.8. The third-order valence-corrected chi connectivity index (χ3v) is 3.53.